The lowest BCUT2D eigenvalue weighted by molar-refractivity contribution is -0.385. The Hall–Kier alpha value is -2.29. The lowest BCUT2D eigenvalue weighted by Crippen LogP contribution is -2.32. The van der Waals surface area contributed by atoms with Crippen LogP contribution in [0.5, 0.6) is 0 Å². The van der Waals surface area contributed by atoms with E-state index < -0.39 is 10.0 Å². The highest BCUT2D eigenvalue weighted by atomic mass is 32.2. The van der Waals surface area contributed by atoms with Gasteiger partial charge in [-0.15, -0.1) is 0 Å². The van der Waals surface area contributed by atoms with Crippen molar-refractivity contribution in [2.24, 2.45) is 0 Å². The summed E-state index contributed by atoms with van der Waals surface area (Å²) >= 11 is 0. The molecule has 28 heavy (non-hydrogen) atoms. The normalized spacial score (nSPS) is 14.6. The number of nitro benzene ring substituents is 1. The highest BCUT2D eigenvalue weighted by Crippen LogP contribution is 2.24. The number of hydrogen-bond acceptors (Lipinski definition) is 5. The van der Waals surface area contributed by atoms with Gasteiger partial charge in [0.25, 0.3) is 5.69 Å². The minimum absolute atomic E-state index is 0.131. The number of fused-ring (bicyclic) bond motifs is 1. The van der Waals surface area contributed by atoms with E-state index in [1.165, 1.54) is 5.56 Å². The molecule has 150 valence electrons. The van der Waals surface area contributed by atoms with Crippen LogP contribution >= 0.6 is 0 Å². The molecule has 0 aliphatic carbocycles. The summed E-state index contributed by atoms with van der Waals surface area (Å²) in [5.41, 5.74) is 3.23. The Morgan fingerprint density at radius 3 is 2.71 bits per heavy atom. The Kier molecular flexibility index (Phi) is 6.43. The highest BCUT2D eigenvalue weighted by Gasteiger charge is 2.19. The molecular weight excluding hydrogens is 378 g/mol. The van der Waals surface area contributed by atoms with Gasteiger partial charge in [0, 0.05) is 31.8 Å². The Labute approximate surface area is 165 Å². The Balaban J connectivity index is 1.45. The summed E-state index contributed by atoms with van der Waals surface area (Å²) in [5, 5.41) is 11.0. The van der Waals surface area contributed by atoms with E-state index in [1.807, 2.05) is 19.1 Å². The van der Waals surface area contributed by atoms with Crippen LogP contribution in [0.2, 0.25) is 0 Å². The molecule has 1 aliphatic rings. The molecule has 0 aromatic heterocycles. The van der Waals surface area contributed by atoms with Crippen LogP contribution in [-0.4, -0.2) is 37.9 Å². The van der Waals surface area contributed by atoms with Crippen molar-refractivity contribution in [2.75, 3.05) is 19.6 Å². The SMILES string of the molecule is Cc1cccc(S(=O)(=O)NCCCCN2CCc3ccc([N+](=O)[O-])cc3C2)c1. The smallest absolute Gasteiger partial charge is 0.269 e. The minimum Gasteiger partial charge on any atom is -0.299 e. The van der Waals surface area contributed by atoms with Crippen LogP contribution in [0.1, 0.15) is 29.5 Å². The number of unbranched alkanes of at least 4 members (excludes halogenated alkanes) is 1. The number of benzene rings is 2. The van der Waals surface area contributed by atoms with Gasteiger partial charge in [-0.1, -0.05) is 18.2 Å². The molecule has 0 saturated heterocycles. The Bertz CT molecular complexity index is 960. The fraction of sp³-hybridized carbons (Fsp3) is 0.400. The standard InChI is InChI=1S/C20H25N3O4S/c1-16-5-4-6-20(13-16)28(26,27)21-10-2-3-11-22-12-9-17-7-8-19(23(24)25)14-18(17)15-22/h4-8,13-14,21H,2-3,9-12,15H2,1H3. The average Bonchev–Trinajstić information content (AvgIpc) is 2.67. The van der Waals surface area contributed by atoms with Gasteiger partial charge in [0.15, 0.2) is 0 Å². The van der Waals surface area contributed by atoms with E-state index in [0.717, 1.165) is 43.5 Å². The zero-order chi connectivity index (χ0) is 20.1. The summed E-state index contributed by atoms with van der Waals surface area (Å²) in [6.45, 7) is 4.72. The van der Waals surface area contributed by atoms with Crippen molar-refractivity contribution in [3.63, 3.8) is 0 Å². The Morgan fingerprint density at radius 2 is 1.96 bits per heavy atom. The van der Waals surface area contributed by atoms with Gasteiger partial charge in [-0.2, -0.15) is 0 Å². The molecule has 2 aromatic carbocycles. The maximum Gasteiger partial charge on any atom is 0.269 e. The average molecular weight is 404 g/mol. The first-order valence-corrected chi connectivity index (χ1v) is 10.9. The molecule has 0 spiro atoms. The summed E-state index contributed by atoms with van der Waals surface area (Å²) in [4.78, 5) is 13.1. The van der Waals surface area contributed by atoms with E-state index in [4.69, 9.17) is 0 Å². The molecule has 7 nitrogen and oxygen atoms in total. The van der Waals surface area contributed by atoms with Gasteiger partial charge in [-0.3, -0.25) is 15.0 Å². The summed E-state index contributed by atoms with van der Waals surface area (Å²) in [6, 6.07) is 11.9. The Morgan fingerprint density at radius 1 is 1.14 bits per heavy atom. The lowest BCUT2D eigenvalue weighted by Gasteiger charge is -2.28. The predicted molar refractivity (Wildman–Crippen MR) is 108 cm³/mol. The van der Waals surface area contributed by atoms with E-state index in [-0.39, 0.29) is 10.6 Å². The number of nitro groups is 1. The minimum atomic E-state index is -3.47. The van der Waals surface area contributed by atoms with Gasteiger partial charge in [0.2, 0.25) is 10.0 Å². The van der Waals surface area contributed by atoms with Crippen LogP contribution in [0, 0.1) is 17.0 Å². The van der Waals surface area contributed by atoms with Gasteiger partial charge >= 0.3 is 0 Å². The maximum absolute atomic E-state index is 12.3. The molecule has 0 fully saturated rings. The third-order valence-electron chi connectivity index (χ3n) is 4.99. The summed E-state index contributed by atoms with van der Waals surface area (Å²) in [5.74, 6) is 0. The van der Waals surface area contributed by atoms with Crippen molar-refractivity contribution >= 4 is 15.7 Å². The fourth-order valence-corrected chi connectivity index (χ4v) is 4.62. The van der Waals surface area contributed by atoms with Gasteiger partial charge in [0.05, 0.1) is 9.82 Å². The molecule has 2 aromatic rings. The molecule has 0 unspecified atom stereocenters. The zero-order valence-electron chi connectivity index (χ0n) is 15.9. The molecule has 0 bridgehead atoms. The third kappa shape index (κ3) is 5.15. The number of hydrogen-bond donors (Lipinski definition) is 1. The number of non-ortho nitro benzene ring substituents is 1. The quantitative estimate of drug-likeness (QED) is 0.415. The molecule has 0 saturated carbocycles. The molecule has 0 atom stereocenters. The van der Waals surface area contributed by atoms with Crippen molar-refractivity contribution in [2.45, 2.75) is 37.6 Å². The zero-order valence-corrected chi connectivity index (χ0v) is 16.7. The second-order valence-electron chi connectivity index (χ2n) is 7.16. The second-order valence-corrected chi connectivity index (χ2v) is 8.92. The molecular formula is C20H25N3O4S. The van der Waals surface area contributed by atoms with Crippen molar-refractivity contribution in [3.05, 3.63) is 69.3 Å². The largest absolute Gasteiger partial charge is 0.299 e. The van der Waals surface area contributed by atoms with E-state index >= 15 is 0 Å². The van der Waals surface area contributed by atoms with Crippen LogP contribution in [0.4, 0.5) is 5.69 Å². The first-order chi connectivity index (χ1) is 13.3. The summed E-state index contributed by atoms with van der Waals surface area (Å²) in [7, 11) is -3.47. The molecule has 8 heteroatoms. The first kappa shape index (κ1) is 20.4. The number of nitrogens with zero attached hydrogens (tertiary/aromatic N) is 2. The molecule has 1 aliphatic heterocycles. The monoisotopic (exact) mass is 403 g/mol. The van der Waals surface area contributed by atoms with Crippen molar-refractivity contribution in [3.8, 4) is 0 Å². The predicted octanol–water partition coefficient (Wildman–Crippen LogP) is 3.02. The van der Waals surface area contributed by atoms with Gasteiger partial charge in [0.1, 0.15) is 0 Å². The number of rotatable bonds is 8. The maximum atomic E-state index is 12.3. The number of sulfonamides is 1. The third-order valence-corrected chi connectivity index (χ3v) is 6.44. The topological polar surface area (TPSA) is 92.6 Å². The van der Waals surface area contributed by atoms with Crippen molar-refractivity contribution in [1.29, 1.82) is 0 Å². The number of nitrogens with one attached hydrogen (secondary N) is 1. The molecule has 1 heterocycles. The summed E-state index contributed by atoms with van der Waals surface area (Å²) in [6.07, 6.45) is 2.48. The molecule has 0 amide bonds. The fourth-order valence-electron chi connectivity index (χ4n) is 3.44. The first-order valence-electron chi connectivity index (χ1n) is 9.40. The number of aryl methyl sites for hydroxylation is 1. The molecule has 0 radical (unpaired) electrons. The van der Waals surface area contributed by atoms with E-state index in [2.05, 4.69) is 9.62 Å². The molecule has 3 rings (SSSR count). The van der Waals surface area contributed by atoms with Crippen molar-refractivity contribution < 1.29 is 13.3 Å². The molecule has 1 N–H and O–H groups in total. The van der Waals surface area contributed by atoms with Gasteiger partial charge in [-0.05, 0) is 61.6 Å². The highest BCUT2D eigenvalue weighted by molar-refractivity contribution is 7.89. The van der Waals surface area contributed by atoms with Crippen LogP contribution < -0.4 is 4.72 Å². The van der Waals surface area contributed by atoms with Gasteiger partial charge < -0.3 is 0 Å². The van der Waals surface area contributed by atoms with Crippen LogP contribution in [0.25, 0.3) is 0 Å². The van der Waals surface area contributed by atoms with E-state index in [1.54, 1.807) is 30.3 Å². The van der Waals surface area contributed by atoms with Crippen LogP contribution in [0.3, 0.4) is 0 Å². The van der Waals surface area contributed by atoms with Crippen molar-refractivity contribution in [1.82, 2.24) is 9.62 Å². The summed E-state index contributed by atoms with van der Waals surface area (Å²) < 4.78 is 27.2. The van der Waals surface area contributed by atoms with E-state index in [9.17, 15) is 18.5 Å². The van der Waals surface area contributed by atoms with Crippen LogP contribution in [0.15, 0.2) is 47.4 Å². The van der Waals surface area contributed by atoms with Gasteiger partial charge in [-0.25, -0.2) is 13.1 Å². The lowest BCUT2D eigenvalue weighted by atomic mass is 9.99. The second kappa shape index (κ2) is 8.81. The van der Waals surface area contributed by atoms with Crippen LogP contribution in [-0.2, 0) is 23.0 Å². The van der Waals surface area contributed by atoms with E-state index in [0.29, 0.717) is 18.0 Å².